The number of esters is 1. The van der Waals surface area contributed by atoms with Gasteiger partial charge in [0.25, 0.3) is 0 Å². The fourth-order valence-corrected chi connectivity index (χ4v) is 9.60. The summed E-state index contributed by atoms with van der Waals surface area (Å²) in [6.07, 6.45) is 3.03. The van der Waals surface area contributed by atoms with Crippen LogP contribution in [0.3, 0.4) is 0 Å². The molecule has 2 N–H and O–H groups in total. The summed E-state index contributed by atoms with van der Waals surface area (Å²) in [5.74, 6) is -3.65. The maximum Gasteiger partial charge on any atom is 0.313 e. The van der Waals surface area contributed by atoms with Gasteiger partial charge in [-0.2, -0.15) is 0 Å². The van der Waals surface area contributed by atoms with E-state index in [9.17, 15) is 24.3 Å². The zero-order valence-electron chi connectivity index (χ0n) is 31.8. The average molecular weight is 818 g/mol. The van der Waals surface area contributed by atoms with E-state index in [1.807, 2.05) is 44.2 Å². The molecule has 1 aromatic rings. The maximum atomic E-state index is 15.0. The Kier molecular flexibility index (Phi) is 14.9. The zero-order valence-corrected chi connectivity index (χ0v) is 33.4. The van der Waals surface area contributed by atoms with Crippen molar-refractivity contribution in [2.24, 2.45) is 17.8 Å². The van der Waals surface area contributed by atoms with Crippen LogP contribution >= 0.6 is 15.9 Å². The number of allylic oxidation sites excluding steroid dienone is 1. The minimum atomic E-state index is -1.35. The Balaban J connectivity index is 1.51. The molecule has 4 aliphatic rings. The molecular formula is C40H57BrN4O9. The number of nitrogens with zero attached hydrogens (tertiary/aromatic N) is 3. The van der Waals surface area contributed by atoms with Crippen LogP contribution in [0, 0.1) is 17.8 Å². The van der Waals surface area contributed by atoms with E-state index < -0.39 is 59.6 Å². The number of rotatable bonds is 20. The van der Waals surface area contributed by atoms with Crippen molar-refractivity contribution in [2.45, 2.75) is 80.3 Å². The second kappa shape index (κ2) is 19.1. The van der Waals surface area contributed by atoms with E-state index in [-0.39, 0.29) is 48.7 Å². The van der Waals surface area contributed by atoms with Crippen molar-refractivity contribution in [3.05, 3.63) is 61.2 Å². The van der Waals surface area contributed by atoms with Gasteiger partial charge in [0.2, 0.25) is 17.7 Å². The highest BCUT2D eigenvalue weighted by Gasteiger charge is 2.77. The highest BCUT2D eigenvalue weighted by atomic mass is 79.9. The lowest BCUT2D eigenvalue weighted by atomic mass is 9.70. The molecule has 0 aliphatic carbocycles. The highest BCUT2D eigenvalue weighted by Crippen LogP contribution is 2.61. The molecule has 13 nitrogen and oxygen atoms in total. The number of nitrogens with one attached hydrogen (secondary N) is 1. The van der Waals surface area contributed by atoms with Gasteiger partial charge in [0.15, 0.2) is 0 Å². The van der Waals surface area contributed by atoms with E-state index in [4.69, 9.17) is 18.9 Å². The Morgan fingerprint density at radius 2 is 1.89 bits per heavy atom. The number of alkyl halides is 1. The summed E-state index contributed by atoms with van der Waals surface area (Å²) in [7, 11) is 1.50. The zero-order chi connectivity index (χ0) is 39.0. The van der Waals surface area contributed by atoms with Crippen LogP contribution in [0.5, 0.6) is 0 Å². The normalized spacial score (nSPS) is 28.0. The largest absolute Gasteiger partial charge is 0.455 e. The van der Waals surface area contributed by atoms with Crippen LogP contribution in [-0.2, 0) is 38.1 Å². The number of amides is 3. The maximum absolute atomic E-state index is 15.0. The summed E-state index contributed by atoms with van der Waals surface area (Å²) < 4.78 is 24.2. The number of hydrogen-bond acceptors (Lipinski definition) is 10. The van der Waals surface area contributed by atoms with E-state index in [0.29, 0.717) is 51.1 Å². The fraction of sp³-hybridized carbons (Fsp3) is 0.650. The molecule has 4 heterocycles. The lowest BCUT2D eigenvalue weighted by Crippen LogP contribution is -2.59. The van der Waals surface area contributed by atoms with Crippen LogP contribution in [0.25, 0.3) is 0 Å². The first kappa shape index (κ1) is 42.0. The Morgan fingerprint density at radius 3 is 2.52 bits per heavy atom. The molecule has 298 valence electrons. The molecule has 4 fully saturated rings. The summed E-state index contributed by atoms with van der Waals surface area (Å²) in [5, 5.41) is 13.7. The molecule has 4 aliphatic heterocycles. The lowest BCUT2D eigenvalue weighted by molar-refractivity contribution is -0.163. The molecule has 4 saturated heterocycles. The molecular weight excluding hydrogens is 760 g/mol. The predicted molar refractivity (Wildman–Crippen MR) is 205 cm³/mol. The van der Waals surface area contributed by atoms with Gasteiger partial charge in [0, 0.05) is 51.1 Å². The number of hydrogen-bond donors (Lipinski definition) is 2. The average Bonchev–Trinajstić information content (AvgIpc) is 3.77. The van der Waals surface area contributed by atoms with Crippen molar-refractivity contribution in [2.75, 3.05) is 66.3 Å². The second-order valence-electron chi connectivity index (χ2n) is 15.1. The molecule has 3 amide bonds. The van der Waals surface area contributed by atoms with Gasteiger partial charge in [-0.25, -0.2) is 0 Å². The van der Waals surface area contributed by atoms with Crippen LogP contribution in [0.15, 0.2) is 55.6 Å². The predicted octanol–water partition coefficient (Wildman–Crippen LogP) is 2.87. The third kappa shape index (κ3) is 8.94. The van der Waals surface area contributed by atoms with Crippen molar-refractivity contribution in [3.63, 3.8) is 0 Å². The molecule has 1 aromatic carbocycles. The van der Waals surface area contributed by atoms with Crippen LogP contribution in [-0.4, -0.2) is 144 Å². The number of likely N-dealkylation sites (tertiary alicyclic amines) is 1. The van der Waals surface area contributed by atoms with E-state index in [1.54, 1.807) is 17.1 Å². The van der Waals surface area contributed by atoms with E-state index in [1.165, 1.54) is 12.0 Å². The Bertz CT molecular complexity index is 1480. The van der Waals surface area contributed by atoms with Crippen LogP contribution < -0.4 is 5.32 Å². The third-order valence-electron chi connectivity index (χ3n) is 11.0. The van der Waals surface area contributed by atoms with Crippen LogP contribution in [0.1, 0.15) is 51.2 Å². The Hall–Kier alpha value is -3.14. The number of halogens is 1. The molecule has 54 heavy (non-hydrogen) atoms. The van der Waals surface area contributed by atoms with E-state index in [0.717, 1.165) is 13.1 Å². The third-order valence-corrected chi connectivity index (χ3v) is 11.9. The standard InChI is InChI=1S/C40H57BrN4O9/c1-6-8-14-31(47)42-30(25-51-5)34(27-12-10-9-11-13-27)53-39(50)32-33-37(48)45(28(24-46)22-26(3)4)36(40(33)23-29(41)35(32)54-40)38(49)44(15-7-2)17-16-43-18-20-52-21-19-43/h6-7,9-13,26,28-30,32-36,46H,1-2,8,14-25H2,3-5H3,(H,42,47)/t28-,29?,30-,32-,33+,34-,35-,36-,40+/m1/s1. The fourth-order valence-electron chi connectivity index (χ4n) is 8.66. The summed E-state index contributed by atoms with van der Waals surface area (Å²) in [4.78, 5) is 62.6. The smallest absolute Gasteiger partial charge is 0.313 e. The van der Waals surface area contributed by atoms with E-state index in [2.05, 4.69) is 39.3 Å². The molecule has 14 heteroatoms. The monoisotopic (exact) mass is 816 g/mol. The molecule has 0 saturated carbocycles. The number of methoxy groups -OCH3 is 1. The quantitative estimate of drug-likeness (QED) is 0.115. The number of carbonyl (C=O) groups is 4. The van der Waals surface area contributed by atoms with Gasteiger partial charge in [-0.05, 0) is 30.7 Å². The van der Waals surface area contributed by atoms with Crippen molar-refractivity contribution in [1.82, 2.24) is 20.0 Å². The summed E-state index contributed by atoms with van der Waals surface area (Å²) in [5.41, 5.74) is -0.719. The second-order valence-corrected chi connectivity index (χ2v) is 16.3. The van der Waals surface area contributed by atoms with Gasteiger partial charge in [-0.3, -0.25) is 24.1 Å². The minimum Gasteiger partial charge on any atom is -0.455 e. The topological polar surface area (TPSA) is 147 Å². The van der Waals surface area contributed by atoms with Gasteiger partial charge in [-0.15, -0.1) is 13.2 Å². The first-order valence-corrected chi connectivity index (χ1v) is 20.0. The summed E-state index contributed by atoms with van der Waals surface area (Å²) in [6.45, 7) is 15.3. The summed E-state index contributed by atoms with van der Waals surface area (Å²) in [6, 6.07) is 6.57. The number of aliphatic hydroxyl groups excluding tert-OH is 1. The number of benzene rings is 1. The van der Waals surface area contributed by atoms with Crippen molar-refractivity contribution < 1.29 is 43.2 Å². The van der Waals surface area contributed by atoms with Crippen molar-refractivity contribution in [3.8, 4) is 0 Å². The number of ether oxygens (including phenoxy) is 4. The molecule has 9 atom stereocenters. The van der Waals surface area contributed by atoms with Gasteiger partial charge in [0.05, 0.1) is 56.5 Å². The molecule has 5 rings (SSSR count). The van der Waals surface area contributed by atoms with Crippen LogP contribution in [0.2, 0.25) is 0 Å². The van der Waals surface area contributed by atoms with Crippen molar-refractivity contribution in [1.29, 1.82) is 0 Å². The molecule has 2 bridgehead atoms. The SMILES string of the molecule is C=CCCC(=O)N[C@H](COC)[C@H](OC(=O)[C@H]1[C@@H]2O[C@@]3(CC2Br)[C@@H]1C(=O)N([C@@H](CO)CC(C)C)[C@@H]3C(=O)N(CC=C)CCN1CCOCC1)c1ccccc1. The molecule has 1 unspecified atom stereocenters. The Labute approximate surface area is 327 Å². The van der Waals surface area contributed by atoms with Gasteiger partial charge in [-0.1, -0.05) is 72.3 Å². The van der Waals surface area contributed by atoms with Crippen LogP contribution in [0.4, 0.5) is 0 Å². The summed E-state index contributed by atoms with van der Waals surface area (Å²) >= 11 is 3.76. The highest BCUT2D eigenvalue weighted by molar-refractivity contribution is 9.09. The first-order chi connectivity index (χ1) is 26.0. The van der Waals surface area contributed by atoms with Gasteiger partial charge >= 0.3 is 5.97 Å². The van der Waals surface area contributed by atoms with Gasteiger partial charge < -0.3 is 39.2 Å². The molecule has 0 radical (unpaired) electrons. The van der Waals surface area contributed by atoms with E-state index >= 15 is 0 Å². The Morgan fingerprint density at radius 1 is 1.17 bits per heavy atom. The number of carbonyl (C=O) groups excluding carboxylic acids is 4. The molecule has 0 aromatic heterocycles. The first-order valence-electron chi connectivity index (χ1n) is 19.1. The number of morpholine rings is 1. The minimum absolute atomic E-state index is 0.0476. The molecule has 1 spiro atoms. The number of fused-ring (bicyclic) bond motifs is 1. The number of aliphatic hydroxyl groups is 1. The van der Waals surface area contributed by atoms with Crippen molar-refractivity contribution >= 4 is 39.6 Å². The van der Waals surface area contributed by atoms with Gasteiger partial charge in [0.1, 0.15) is 17.7 Å². The lowest BCUT2D eigenvalue weighted by Gasteiger charge is -2.40.